The third-order valence-corrected chi connectivity index (χ3v) is 5.06. The number of rotatable bonds is 5. The molecule has 27 heavy (non-hydrogen) atoms. The summed E-state index contributed by atoms with van der Waals surface area (Å²) in [6.07, 6.45) is 3.34. The van der Waals surface area contributed by atoms with Crippen molar-refractivity contribution in [2.45, 2.75) is 44.3 Å². The molecule has 140 valence electrons. The Morgan fingerprint density at radius 3 is 2.41 bits per heavy atom. The maximum Gasteiger partial charge on any atom is 0.308 e. The number of ether oxygens (including phenoxy) is 2. The summed E-state index contributed by atoms with van der Waals surface area (Å²) in [6, 6.07) is 15.1. The van der Waals surface area contributed by atoms with Crippen molar-refractivity contribution in [3.05, 3.63) is 54.1 Å². The summed E-state index contributed by atoms with van der Waals surface area (Å²) in [6.45, 7) is 1.34. The SMILES string of the molecule is CC(=O)Oc1ccccc1Oc1ccc(C(=O)N[C@@H]2C[C@H]3CC[C@@H]2N3)cc1. The van der Waals surface area contributed by atoms with Crippen LogP contribution in [0, 0.1) is 0 Å². The second-order valence-electron chi connectivity index (χ2n) is 7.03. The average Bonchev–Trinajstić information content (AvgIpc) is 3.26. The first-order valence-electron chi connectivity index (χ1n) is 9.21. The Labute approximate surface area is 157 Å². The Morgan fingerprint density at radius 1 is 1.04 bits per heavy atom. The first kappa shape index (κ1) is 17.5. The molecule has 2 bridgehead atoms. The van der Waals surface area contributed by atoms with Gasteiger partial charge < -0.3 is 20.1 Å². The van der Waals surface area contributed by atoms with E-state index >= 15 is 0 Å². The molecule has 0 saturated carbocycles. The van der Waals surface area contributed by atoms with Gasteiger partial charge in [-0.2, -0.15) is 0 Å². The number of nitrogens with one attached hydrogen (secondary N) is 2. The minimum absolute atomic E-state index is 0.0683. The number of carbonyl (C=O) groups is 2. The topological polar surface area (TPSA) is 76.7 Å². The lowest BCUT2D eigenvalue weighted by Gasteiger charge is -2.21. The van der Waals surface area contributed by atoms with E-state index in [1.165, 1.54) is 13.3 Å². The number of para-hydroxylation sites is 2. The van der Waals surface area contributed by atoms with Crippen molar-refractivity contribution in [1.82, 2.24) is 10.6 Å². The fraction of sp³-hybridized carbons (Fsp3) is 0.333. The van der Waals surface area contributed by atoms with E-state index in [2.05, 4.69) is 10.6 Å². The average molecular weight is 366 g/mol. The van der Waals surface area contributed by atoms with Crippen LogP contribution in [0.1, 0.15) is 36.5 Å². The van der Waals surface area contributed by atoms with E-state index in [1.807, 2.05) is 0 Å². The van der Waals surface area contributed by atoms with Crippen LogP contribution in [0.25, 0.3) is 0 Å². The molecule has 0 aromatic heterocycles. The molecule has 2 aliphatic heterocycles. The number of fused-ring (bicyclic) bond motifs is 2. The van der Waals surface area contributed by atoms with Crippen LogP contribution in [0.4, 0.5) is 0 Å². The standard InChI is InChI=1S/C21H22N2O4/c1-13(24)26-19-4-2-3-5-20(19)27-16-9-6-14(7-10-16)21(25)23-18-12-15-8-11-17(18)22-15/h2-7,9-10,15,17-18,22H,8,11-12H2,1H3,(H,23,25)/t15-,17+,18-/m1/s1. The molecule has 2 saturated heterocycles. The van der Waals surface area contributed by atoms with Gasteiger partial charge in [0.25, 0.3) is 5.91 Å². The van der Waals surface area contributed by atoms with E-state index in [0.717, 1.165) is 12.8 Å². The Bertz CT molecular complexity index is 850. The highest BCUT2D eigenvalue weighted by molar-refractivity contribution is 5.94. The van der Waals surface area contributed by atoms with Crippen LogP contribution >= 0.6 is 0 Å². The molecular formula is C21H22N2O4. The van der Waals surface area contributed by atoms with E-state index in [0.29, 0.717) is 34.9 Å². The van der Waals surface area contributed by atoms with Crippen LogP contribution in [0.5, 0.6) is 17.2 Å². The molecule has 0 aliphatic carbocycles. The fourth-order valence-corrected chi connectivity index (χ4v) is 3.81. The van der Waals surface area contributed by atoms with Crippen LogP contribution in [-0.4, -0.2) is 30.0 Å². The minimum Gasteiger partial charge on any atom is -0.453 e. The van der Waals surface area contributed by atoms with Crippen LogP contribution in [0.3, 0.4) is 0 Å². The van der Waals surface area contributed by atoms with Crippen molar-refractivity contribution in [2.24, 2.45) is 0 Å². The van der Waals surface area contributed by atoms with Gasteiger partial charge in [0.2, 0.25) is 0 Å². The number of amides is 1. The zero-order valence-corrected chi connectivity index (χ0v) is 15.1. The van der Waals surface area contributed by atoms with Gasteiger partial charge in [-0.15, -0.1) is 0 Å². The zero-order chi connectivity index (χ0) is 18.8. The minimum atomic E-state index is -0.409. The highest BCUT2D eigenvalue weighted by Crippen LogP contribution is 2.32. The lowest BCUT2D eigenvalue weighted by molar-refractivity contribution is -0.132. The summed E-state index contributed by atoms with van der Waals surface area (Å²) in [5.41, 5.74) is 0.596. The predicted molar refractivity (Wildman–Crippen MR) is 100 cm³/mol. The van der Waals surface area contributed by atoms with Gasteiger partial charge in [0.05, 0.1) is 0 Å². The van der Waals surface area contributed by atoms with Crippen molar-refractivity contribution in [3.63, 3.8) is 0 Å². The maximum absolute atomic E-state index is 12.5. The number of carbonyl (C=O) groups excluding carboxylic acids is 2. The summed E-state index contributed by atoms with van der Waals surface area (Å²) in [5.74, 6) is 0.885. The summed E-state index contributed by atoms with van der Waals surface area (Å²) in [7, 11) is 0. The van der Waals surface area contributed by atoms with Crippen molar-refractivity contribution < 1.29 is 19.1 Å². The van der Waals surface area contributed by atoms with E-state index in [1.54, 1.807) is 48.5 Å². The smallest absolute Gasteiger partial charge is 0.308 e. The third-order valence-electron chi connectivity index (χ3n) is 5.06. The maximum atomic E-state index is 12.5. The third kappa shape index (κ3) is 3.95. The predicted octanol–water partition coefficient (Wildman–Crippen LogP) is 3.03. The Balaban J connectivity index is 1.40. The molecular weight excluding hydrogens is 344 g/mol. The van der Waals surface area contributed by atoms with Crippen molar-refractivity contribution in [2.75, 3.05) is 0 Å². The first-order chi connectivity index (χ1) is 13.1. The Kier molecular flexibility index (Phi) is 4.81. The van der Waals surface area contributed by atoms with Gasteiger partial charge >= 0.3 is 5.97 Å². The van der Waals surface area contributed by atoms with Gasteiger partial charge in [0.1, 0.15) is 5.75 Å². The van der Waals surface area contributed by atoms with E-state index in [4.69, 9.17) is 9.47 Å². The number of esters is 1. The second kappa shape index (κ2) is 7.40. The van der Waals surface area contributed by atoms with Crippen molar-refractivity contribution in [1.29, 1.82) is 0 Å². The van der Waals surface area contributed by atoms with Gasteiger partial charge in [-0.05, 0) is 55.7 Å². The lowest BCUT2D eigenvalue weighted by atomic mass is 9.95. The second-order valence-corrected chi connectivity index (χ2v) is 7.03. The molecule has 6 nitrogen and oxygen atoms in total. The summed E-state index contributed by atoms with van der Waals surface area (Å²) < 4.78 is 10.9. The van der Waals surface area contributed by atoms with Crippen LogP contribution in [0.2, 0.25) is 0 Å². The molecule has 4 rings (SSSR count). The fourth-order valence-electron chi connectivity index (χ4n) is 3.81. The summed E-state index contributed by atoms with van der Waals surface area (Å²) in [5, 5.41) is 6.65. The van der Waals surface area contributed by atoms with Crippen LogP contribution in [0.15, 0.2) is 48.5 Å². The summed E-state index contributed by atoms with van der Waals surface area (Å²) in [4.78, 5) is 23.7. The quantitative estimate of drug-likeness (QED) is 0.628. The molecule has 1 amide bonds. The molecule has 3 atom stereocenters. The number of hydrogen-bond acceptors (Lipinski definition) is 5. The molecule has 2 fully saturated rings. The van der Waals surface area contributed by atoms with E-state index in [-0.39, 0.29) is 11.9 Å². The van der Waals surface area contributed by atoms with E-state index < -0.39 is 5.97 Å². The molecule has 2 heterocycles. The van der Waals surface area contributed by atoms with Gasteiger partial charge in [-0.25, -0.2) is 0 Å². The largest absolute Gasteiger partial charge is 0.453 e. The molecule has 6 heteroatoms. The van der Waals surface area contributed by atoms with Gasteiger partial charge in [0.15, 0.2) is 11.5 Å². The Hall–Kier alpha value is -2.86. The van der Waals surface area contributed by atoms with E-state index in [9.17, 15) is 9.59 Å². The summed E-state index contributed by atoms with van der Waals surface area (Å²) >= 11 is 0. The Morgan fingerprint density at radius 2 is 1.78 bits per heavy atom. The zero-order valence-electron chi connectivity index (χ0n) is 15.1. The number of benzene rings is 2. The highest BCUT2D eigenvalue weighted by Gasteiger charge is 2.39. The molecule has 2 aromatic carbocycles. The molecule has 2 N–H and O–H groups in total. The molecule has 0 radical (unpaired) electrons. The van der Waals surface area contributed by atoms with Crippen LogP contribution < -0.4 is 20.1 Å². The normalized spacial score (nSPS) is 23.1. The molecule has 0 unspecified atom stereocenters. The molecule has 0 spiro atoms. The van der Waals surface area contributed by atoms with Gasteiger partial charge in [-0.1, -0.05) is 12.1 Å². The highest BCUT2D eigenvalue weighted by atomic mass is 16.6. The van der Waals surface area contributed by atoms with Crippen LogP contribution in [-0.2, 0) is 4.79 Å². The molecule has 2 aromatic rings. The first-order valence-corrected chi connectivity index (χ1v) is 9.21. The number of hydrogen-bond donors (Lipinski definition) is 2. The van der Waals surface area contributed by atoms with Gasteiger partial charge in [0, 0.05) is 30.6 Å². The van der Waals surface area contributed by atoms with Crippen molar-refractivity contribution in [3.8, 4) is 17.2 Å². The van der Waals surface area contributed by atoms with Crippen molar-refractivity contribution >= 4 is 11.9 Å². The lowest BCUT2D eigenvalue weighted by Crippen LogP contribution is -2.42. The van der Waals surface area contributed by atoms with Gasteiger partial charge in [-0.3, -0.25) is 9.59 Å². The molecule has 2 aliphatic rings. The monoisotopic (exact) mass is 366 g/mol.